The summed E-state index contributed by atoms with van der Waals surface area (Å²) in [6, 6.07) is 10.3. The average molecular weight is 443 g/mol. The lowest BCUT2D eigenvalue weighted by Gasteiger charge is -2.29. The van der Waals surface area contributed by atoms with Gasteiger partial charge in [-0.3, -0.25) is 9.59 Å². The summed E-state index contributed by atoms with van der Waals surface area (Å²) in [5, 5.41) is 12.5. The van der Waals surface area contributed by atoms with Crippen molar-refractivity contribution < 1.29 is 19.4 Å². The van der Waals surface area contributed by atoms with Crippen molar-refractivity contribution in [2.45, 2.75) is 39.8 Å². The summed E-state index contributed by atoms with van der Waals surface area (Å²) in [4.78, 5) is 30.6. The smallest absolute Gasteiger partial charge is 0.290 e. The number of Topliss-reactive ketones (excluding diaryl/α,β-unsaturated/α-hetero) is 1. The third-order valence-corrected chi connectivity index (χ3v) is 6.28. The summed E-state index contributed by atoms with van der Waals surface area (Å²) in [6.07, 6.45) is 0.0457. The molecule has 0 saturated heterocycles. The number of amides is 1. The average Bonchev–Trinajstić information content (AvgIpc) is 3.37. The van der Waals surface area contributed by atoms with Gasteiger partial charge in [0.05, 0.1) is 22.6 Å². The molecular formula is C24H30N2O4S. The number of ketones is 1. The number of likely N-dealkylation sites (N-methyl/N-ethyl adjacent to an activating group) is 1. The van der Waals surface area contributed by atoms with E-state index in [-0.39, 0.29) is 17.5 Å². The van der Waals surface area contributed by atoms with E-state index in [1.54, 1.807) is 17.0 Å². The second-order valence-corrected chi connectivity index (χ2v) is 8.68. The summed E-state index contributed by atoms with van der Waals surface area (Å²) in [5.41, 5.74) is 0.914. The van der Waals surface area contributed by atoms with Crippen LogP contribution >= 0.6 is 11.3 Å². The number of hydrogen-bond donors (Lipinski definition) is 1. The van der Waals surface area contributed by atoms with Gasteiger partial charge in [0, 0.05) is 13.1 Å². The second kappa shape index (κ2) is 10.1. The minimum Gasteiger partial charge on any atom is -0.503 e. The van der Waals surface area contributed by atoms with Gasteiger partial charge in [0.2, 0.25) is 5.78 Å². The lowest BCUT2D eigenvalue weighted by Crippen LogP contribution is -2.38. The van der Waals surface area contributed by atoms with Crippen LogP contribution in [-0.2, 0) is 4.79 Å². The van der Waals surface area contributed by atoms with E-state index in [4.69, 9.17) is 4.74 Å². The van der Waals surface area contributed by atoms with Crippen LogP contribution in [0.3, 0.4) is 0 Å². The first-order valence-electron chi connectivity index (χ1n) is 10.7. The molecule has 0 fully saturated rings. The zero-order valence-corrected chi connectivity index (χ0v) is 19.3. The lowest BCUT2D eigenvalue weighted by atomic mass is 9.95. The molecule has 1 atom stereocenters. The summed E-state index contributed by atoms with van der Waals surface area (Å²) in [5.74, 6) is -0.541. The van der Waals surface area contributed by atoms with Crippen LogP contribution in [0.1, 0.15) is 49.0 Å². The van der Waals surface area contributed by atoms with E-state index in [1.807, 2.05) is 43.5 Å². The molecule has 1 unspecified atom stereocenters. The van der Waals surface area contributed by atoms with Gasteiger partial charge in [0.1, 0.15) is 5.75 Å². The van der Waals surface area contributed by atoms with Crippen molar-refractivity contribution in [3.63, 3.8) is 0 Å². The topological polar surface area (TPSA) is 70.1 Å². The van der Waals surface area contributed by atoms with Gasteiger partial charge in [-0.1, -0.05) is 32.0 Å². The van der Waals surface area contributed by atoms with Gasteiger partial charge in [0.15, 0.2) is 5.76 Å². The van der Waals surface area contributed by atoms with Crippen molar-refractivity contribution in [3.8, 4) is 5.75 Å². The zero-order chi connectivity index (χ0) is 22.5. The van der Waals surface area contributed by atoms with Crippen LogP contribution in [0, 0.1) is 0 Å². The molecule has 0 radical (unpaired) electrons. The lowest BCUT2D eigenvalue weighted by molar-refractivity contribution is -0.129. The maximum atomic E-state index is 13.2. The minimum atomic E-state index is -0.634. The molecule has 1 N–H and O–H groups in total. The van der Waals surface area contributed by atoms with Crippen LogP contribution in [0.5, 0.6) is 5.75 Å². The maximum absolute atomic E-state index is 13.2. The molecule has 2 heterocycles. The number of aliphatic hydroxyl groups excluding tert-OH is 1. The fourth-order valence-corrected chi connectivity index (χ4v) is 4.47. The number of hydrogen-bond acceptors (Lipinski definition) is 6. The van der Waals surface area contributed by atoms with E-state index in [0.29, 0.717) is 18.0 Å². The molecular weight excluding hydrogens is 412 g/mol. The van der Waals surface area contributed by atoms with Crippen molar-refractivity contribution in [1.82, 2.24) is 9.80 Å². The summed E-state index contributed by atoms with van der Waals surface area (Å²) in [7, 11) is 0. The van der Waals surface area contributed by atoms with Crippen LogP contribution < -0.4 is 4.74 Å². The first kappa shape index (κ1) is 23.0. The van der Waals surface area contributed by atoms with E-state index in [9.17, 15) is 14.7 Å². The van der Waals surface area contributed by atoms with E-state index in [0.717, 1.165) is 24.4 Å². The Bertz CT molecular complexity index is 931. The first-order valence-corrected chi connectivity index (χ1v) is 11.6. The zero-order valence-electron chi connectivity index (χ0n) is 18.5. The van der Waals surface area contributed by atoms with E-state index < -0.39 is 17.7 Å². The van der Waals surface area contributed by atoms with Crippen molar-refractivity contribution in [2.75, 3.05) is 26.2 Å². The molecule has 2 aromatic rings. The van der Waals surface area contributed by atoms with Crippen LogP contribution in [0.25, 0.3) is 0 Å². The largest absolute Gasteiger partial charge is 0.503 e. The molecule has 1 aliphatic heterocycles. The van der Waals surface area contributed by atoms with Gasteiger partial charge in [-0.05, 0) is 56.1 Å². The molecule has 0 spiro atoms. The number of benzene rings is 1. The molecule has 0 saturated carbocycles. The van der Waals surface area contributed by atoms with Crippen LogP contribution in [0.15, 0.2) is 53.1 Å². The highest BCUT2D eigenvalue weighted by Crippen LogP contribution is 2.39. The summed E-state index contributed by atoms with van der Waals surface area (Å²) in [6.45, 7) is 10.9. The number of carbonyl (C=O) groups is 2. The van der Waals surface area contributed by atoms with Crippen molar-refractivity contribution in [2.24, 2.45) is 0 Å². The van der Waals surface area contributed by atoms with E-state index in [2.05, 4.69) is 18.7 Å². The molecule has 1 aromatic carbocycles. The van der Waals surface area contributed by atoms with Gasteiger partial charge in [-0.15, -0.1) is 11.3 Å². The van der Waals surface area contributed by atoms with E-state index >= 15 is 0 Å². The van der Waals surface area contributed by atoms with Gasteiger partial charge in [-0.2, -0.15) is 0 Å². The fourth-order valence-electron chi connectivity index (χ4n) is 3.79. The number of rotatable bonds is 10. The Morgan fingerprint density at radius 2 is 1.87 bits per heavy atom. The number of aliphatic hydroxyl groups is 1. The Kier molecular flexibility index (Phi) is 7.51. The van der Waals surface area contributed by atoms with Gasteiger partial charge >= 0.3 is 0 Å². The summed E-state index contributed by atoms with van der Waals surface area (Å²) < 4.78 is 5.73. The molecule has 0 bridgehead atoms. The third kappa shape index (κ3) is 4.99. The monoisotopic (exact) mass is 442 g/mol. The quantitative estimate of drug-likeness (QED) is 0.550. The van der Waals surface area contributed by atoms with Gasteiger partial charge in [-0.25, -0.2) is 0 Å². The summed E-state index contributed by atoms with van der Waals surface area (Å²) >= 11 is 1.30. The number of thiophene rings is 1. The Labute approximate surface area is 187 Å². The molecule has 1 aliphatic rings. The molecule has 166 valence electrons. The highest BCUT2D eigenvalue weighted by molar-refractivity contribution is 7.12. The SMILES string of the molecule is CCN(CC)CCN1C(=O)C(O)=C(C(=O)c2cccs2)C1c1ccc(OC(C)C)cc1. The molecule has 6 nitrogen and oxygen atoms in total. The number of nitrogens with zero attached hydrogens (tertiary/aromatic N) is 2. The van der Waals surface area contributed by atoms with Crippen molar-refractivity contribution >= 4 is 23.0 Å². The number of ether oxygens (including phenoxy) is 1. The van der Waals surface area contributed by atoms with E-state index in [1.165, 1.54) is 11.3 Å². The van der Waals surface area contributed by atoms with Crippen LogP contribution in [-0.4, -0.2) is 58.9 Å². The first-order chi connectivity index (χ1) is 14.9. The highest BCUT2D eigenvalue weighted by atomic mass is 32.1. The molecule has 1 aromatic heterocycles. The molecule has 0 aliphatic carbocycles. The normalized spacial score (nSPS) is 16.6. The van der Waals surface area contributed by atoms with Gasteiger partial charge in [0.25, 0.3) is 5.91 Å². The van der Waals surface area contributed by atoms with Crippen LogP contribution in [0.2, 0.25) is 0 Å². The fraction of sp³-hybridized carbons (Fsp3) is 0.417. The standard InChI is InChI=1S/C24H30N2O4S/c1-5-25(6-2)13-14-26-21(17-9-11-18(12-10-17)30-16(3)4)20(23(28)24(26)29)22(27)19-8-7-15-31-19/h7-12,15-16,21,28H,5-6,13-14H2,1-4H3. The predicted molar refractivity (Wildman–Crippen MR) is 123 cm³/mol. The van der Waals surface area contributed by atoms with Crippen molar-refractivity contribution in [1.29, 1.82) is 0 Å². The Balaban J connectivity index is 1.97. The third-order valence-electron chi connectivity index (χ3n) is 5.41. The molecule has 7 heteroatoms. The molecule has 31 heavy (non-hydrogen) atoms. The number of carbonyl (C=O) groups excluding carboxylic acids is 2. The Morgan fingerprint density at radius 1 is 1.19 bits per heavy atom. The van der Waals surface area contributed by atoms with Crippen LogP contribution in [0.4, 0.5) is 0 Å². The minimum absolute atomic E-state index is 0.0457. The second-order valence-electron chi connectivity index (χ2n) is 7.73. The predicted octanol–water partition coefficient (Wildman–Crippen LogP) is 4.46. The highest BCUT2D eigenvalue weighted by Gasteiger charge is 2.43. The Morgan fingerprint density at radius 3 is 2.42 bits per heavy atom. The molecule has 1 amide bonds. The maximum Gasteiger partial charge on any atom is 0.290 e. The Hall–Kier alpha value is -2.64. The molecule has 3 rings (SSSR count). The van der Waals surface area contributed by atoms with Crippen molar-refractivity contribution in [3.05, 3.63) is 63.6 Å². The van der Waals surface area contributed by atoms with Gasteiger partial charge < -0.3 is 19.6 Å².